The number of hydrogen-bond donors (Lipinski definition) is 2. The number of nitrogens with zero attached hydrogens (tertiary/aromatic N) is 1. The summed E-state index contributed by atoms with van der Waals surface area (Å²) in [5.74, 6) is -0.102. The van der Waals surface area contributed by atoms with Gasteiger partial charge in [0.1, 0.15) is 18.0 Å². The number of aryl methyl sites for hydroxylation is 1. The fourth-order valence-corrected chi connectivity index (χ4v) is 5.01. The number of ether oxygens (including phenoxy) is 2. The Balaban J connectivity index is 1.59. The van der Waals surface area contributed by atoms with Gasteiger partial charge < -0.3 is 19.7 Å². The van der Waals surface area contributed by atoms with Crippen LogP contribution < -0.4 is 9.47 Å². The highest BCUT2D eigenvalue weighted by atomic mass is 35.5. The Morgan fingerprint density at radius 2 is 2.00 bits per heavy atom. The predicted octanol–water partition coefficient (Wildman–Crippen LogP) is 5.49. The van der Waals surface area contributed by atoms with Crippen LogP contribution in [0.3, 0.4) is 0 Å². The molecular weight excluding hydrogens is 485 g/mol. The minimum Gasteiger partial charge on any atom is -0.493 e. The van der Waals surface area contributed by atoms with Crippen molar-refractivity contribution < 1.29 is 28.9 Å². The SMILES string of the molecule is COc1cc(C(=O)C[C@@H]2CCC[C@]2(O)c2ccc(C)c(-c3ccc(F)c(Cl)c3)n2)ccc1OCCO. The van der Waals surface area contributed by atoms with Gasteiger partial charge in [-0.05, 0) is 74.2 Å². The Morgan fingerprint density at radius 3 is 2.72 bits per heavy atom. The van der Waals surface area contributed by atoms with E-state index in [1.54, 1.807) is 30.3 Å². The first kappa shape index (κ1) is 26.1. The molecule has 0 saturated heterocycles. The van der Waals surface area contributed by atoms with Gasteiger partial charge in [-0.1, -0.05) is 17.7 Å². The van der Waals surface area contributed by atoms with Crippen molar-refractivity contribution >= 4 is 17.4 Å². The molecule has 1 aliphatic carbocycles. The van der Waals surface area contributed by atoms with Gasteiger partial charge in [0, 0.05) is 23.5 Å². The molecule has 0 unspecified atom stereocenters. The maximum absolute atomic E-state index is 13.7. The third kappa shape index (κ3) is 5.24. The summed E-state index contributed by atoms with van der Waals surface area (Å²) in [6.45, 7) is 1.88. The van der Waals surface area contributed by atoms with Gasteiger partial charge >= 0.3 is 0 Å². The predicted molar refractivity (Wildman–Crippen MR) is 135 cm³/mol. The summed E-state index contributed by atoms with van der Waals surface area (Å²) in [6.07, 6.45) is 2.08. The molecule has 3 aromatic rings. The molecule has 6 nitrogen and oxygen atoms in total. The molecule has 1 aliphatic rings. The van der Waals surface area contributed by atoms with Crippen LogP contribution in [0.5, 0.6) is 11.5 Å². The molecule has 0 bridgehead atoms. The Kier molecular flexibility index (Phi) is 7.93. The van der Waals surface area contributed by atoms with Crippen LogP contribution in [0.4, 0.5) is 4.39 Å². The van der Waals surface area contributed by atoms with E-state index in [9.17, 15) is 14.3 Å². The summed E-state index contributed by atoms with van der Waals surface area (Å²) in [6, 6.07) is 13.0. The average molecular weight is 514 g/mol. The number of halogens is 2. The van der Waals surface area contributed by atoms with Crippen molar-refractivity contribution in [3.63, 3.8) is 0 Å². The largest absolute Gasteiger partial charge is 0.493 e. The summed E-state index contributed by atoms with van der Waals surface area (Å²) in [7, 11) is 1.49. The molecule has 36 heavy (non-hydrogen) atoms. The number of Topliss-reactive ketones (excluding diaryl/α,β-unsaturated/α-hetero) is 1. The highest BCUT2D eigenvalue weighted by molar-refractivity contribution is 6.31. The third-order valence-electron chi connectivity index (χ3n) is 6.79. The lowest BCUT2D eigenvalue weighted by Crippen LogP contribution is -2.33. The number of aliphatic hydroxyl groups is 2. The molecule has 1 aromatic heterocycles. The van der Waals surface area contributed by atoms with Crippen LogP contribution in [0, 0.1) is 18.7 Å². The number of benzene rings is 2. The number of pyridine rings is 1. The first-order chi connectivity index (χ1) is 17.3. The molecule has 1 heterocycles. The zero-order valence-electron chi connectivity index (χ0n) is 20.3. The summed E-state index contributed by atoms with van der Waals surface area (Å²) in [5.41, 5.74) is 1.82. The Hall–Kier alpha value is -3.00. The molecule has 4 rings (SSSR count). The van der Waals surface area contributed by atoms with Gasteiger partial charge in [-0.25, -0.2) is 9.37 Å². The van der Waals surface area contributed by atoms with Gasteiger partial charge in [0.15, 0.2) is 17.3 Å². The Morgan fingerprint density at radius 1 is 1.19 bits per heavy atom. The zero-order chi connectivity index (χ0) is 25.9. The van der Waals surface area contributed by atoms with Gasteiger partial charge in [0.25, 0.3) is 0 Å². The summed E-state index contributed by atoms with van der Waals surface area (Å²) >= 11 is 5.99. The number of aliphatic hydroxyl groups excluding tert-OH is 1. The van der Waals surface area contributed by atoms with E-state index in [1.165, 1.54) is 19.2 Å². The standard InChI is InChI=1S/C28H29ClFNO5/c1-17-5-10-26(31-27(17)19-6-8-22(30)21(29)14-19)28(34)11-3-4-20(28)16-23(33)18-7-9-24(36-13-12-32)25(15-18)35-2/h5-10,14-15,20,32,34H,3-4,11-13,16H2,1-2H3/t20-,28+/m0/s1. The first-order valence-corrected chi connectivity index (χ1v) is 12.3. The Bertz CT molecular complexity index is 1270. The number of carbonyl (C=O) groups excluding carboxylic acids is 1. The van der Waals surface area contributed by atoms with E-state index in [2.05, 4.69) is 0 Å². The van der Waals surface area contributed by atoms with Gasteiger partial charge in [-0.15, -0.1) is 0 Å². The number of ketones is 1. The van der Waals surface area contributed by atoms with Crippen molar-refractivity contribution in [1.29, 1.82) is 0 Å². The first-order valence-electron chi connectivity index (χ1n) is 11.9. The van der Waals surface area contributed by atoms with E-state index in [-0.39, 0.29) is 36.4 Å². The highest BCUT2D eigenvalue weighted by Gasteiger charge is 2.44. The average Bonchev–Trinajstić information content (AvgIpc) is 3.25. The van der Waals surface area contributed by atoms with Crippen molar-refractivity contribution in [1.82, 2.24) is 4.98 Å². The lowest BCUT2D eigenvalue weighted by molar-refractivity contribution is -0.00803. The van der Waals surface area contributed by atoms with Crippen LogP contribution in [0.2, 0.25) is 5.02 Å². The molecule has 8 heteroatoms. The molecule has 190 valence electrons. The molecule has 2 aromatic carbocycles. The molecule has 0 radical (unpaired) electrons. The van der Waals surface area contributed by atoms with Crippen LogP contribution in [-0.4, -0.2) is 41.3 Å². The number of carbonyl (C=O) groups is 1. The fraction of sp³-hybridized carbons (Fsp3) is 0.357. The maximum atomic E-state index is 13.7. The second-order valence-electron chi connectivity index (χ2n) is 9.07. The van der Waals surface area contributed by atoms with E-state index in [1.807, 2.05) is 13.0 Å². The van der Waals surface area contributed by atoms with Crippen molar-refractivity contribution in [2.24, 2.45) is 5.92 Å². The smallest absolute Gasteiger partial charge is 0.163 e. The van der Waals surface area contributed by atoms with Gasteiger partial charge in [0.2, 0.25) is 0 Å². The quantitative estimate of drug-likeness (QED) is 0.368. The molecule has 1 saturated carbocycles. The monoisotopic (exact) mass is 513 g/mol. The highest BCUT2D eigenvalue weighted by Crippen LogP contribution is 2.46. The van der Waals surface area contributed by atoms with E-state index in [0.29, 0.717) is 46.9 Å². The minimum absolute atomic E-state index is 0.00496. The number of aromatic nitrogens is 1. The molecule has 0 amide bonds. The number of methoxy groups -OCH3 is 1. The molecule has 2 N–H and O–H groups in total. The summed E-state index contributed by atoms with van der Waals surface area (Å²) in [5, 5.41) is 20.7. The minimum atomic E-state index is -1.27. The van der Waals surface area contributed by atoms with E-state index >= 15 is 0 Å². The number of hydrogen-bond acceptors (Lipinski definition) is 6. The number of rotatable bonds is 9. The van der Waals surface area contributed by atoms with Crippen molar-refractivity contribution in [2.75, 3.05) is 20.3 Å². The topological polar surface area (TPSA) is 88.9 Å². The lowest BCUT2D eigenvalue weighted by atomic mass is 9.82. The molecule has 0 aliphatic heterocycles. The summed E-state index contributed by atoms with van der Waals surface area (Å²) < 4.78 is 24.5. The van der Waals surface area contributed by atoms with Gasteiger partial charge in [-0.3, -0.25) is 4.79 Å². The van der Waals surface area contributed by atoms with Gasteiger partial charge in [0.05, 0.1) is 30.1 Å². The lowest BCUT2D eigenvalue weighted by Gasteiger charge is -2.30. The van der Waals surface area contributed by atoms with Gasteiger partial charge in [-0.2, -0.15) is 0 Å². The van der Waals surface area contributed by atoms with Crippen molar-refractivity contribution in [3.05, 3.63) is 76.2 Å². The fourth-order valence-electron chi connectivity index (χ4n) is 4.83. The third-order valence-corrected chi connectivity index (χ3v) is 7.08. The van der Waals surface area contributed by atoms with E-state index in [0.717, 1.165) is 12.0 Å². The van der Waals surface area contributed by atoms with Crippen LogP contribution in [0.15, 0.2) is 48.5 Å². The second kappa shape index (κ2) is 10.9. The van der Waals surface area contributed by atoms with E-state index < -0.39 is 11.4 Å². The summed E-state index contributed by atoms with van der Waals surface area (Å²) in [4.78, 5) is 18.0. The van der Waals surface area contributed by atoms with Crippen LogP contribution in [0.1, 0.15) is 47.3 Å². The van der Waals surface area contributed by atoms with Crippen LogP contribution in [0.25, 0.3) is 11.3 Å². The molecule has 0 spiro atoms. The van der Waals surface area contributed by atoms with Crippen molar-refractivity contribution in [3.8, 4) is 22.8 Å². The molecular formula is C28H29ClFNO5. The van der Waals surface area contributed by atoms with E-state index in [4.69, 9.17) is 31.2 Å². The Labute approximate surface area is 214 Å². The molecule has 2 atom stereocenters. The van der Waals surface area contributed by atoms with Crippen LogP contribution >= 0.6 is 11.6 Å². The maximum Gasteiger partial charge on any atom is 0.163 e. The zero-order valence-corrected chi connectivity index (χ0v) is 21.0. The van der Waals surface area contributed by atoms with Crippen molar-refractivity contribution in [2.45, 2.75) is 38.2 Å². The molecule has 1 fully saturated rings. The van der Waals surface area contributed by atoms with Crippen LogP contribution in [-0.2, 0) is 5.60 Å². The normalized spacial score (nSPS) is 19.3. The second-order valence-corrected chi connectivity index (χ2v) is 9.48.